The standard InChI is InChI=1S/C18H15NO4/c1-12-17(21)19(11-15(20)13-7-3-2-4-8-13)18(22)14-9-5-6-10-16(14)23-12/h2-10,12H,11H2,1H3/t12-/m1/s1. The molecule has 0 aliphatic carbocycles. The number of hydrogen-bond acceptors (Lipinski definition) is 4. The molecule has 1 aliphatic rings. The molecule has 0 aromatic heterocycles. The molecule has 0 unspecified atom stereocenters. The lowest BCUT2D eigenvalue weighted by Crippen LogP contribution is -2.44. The molecule has 2 aromatic rings. The Morgan fingerprint density at radius 3 is 2.43 bits per heavy atom. The fourth-order valence-electron chi connectivity index (χ4n) is 2.46. The second-order valence-corrected chi connectivity index (χ2v) is 5.27. The summed E-state index contributed by atoms with van der Waals surface area (Å²) in [5, 5.41) is 0. The second kappa shape index (κ2) is 6.04. The van der Waals surface area contributed by atoms with Gasteiger partial charge in [0, 0.05) is 5.56 Å². The van der Waals surface area contributed by atoms with Gasteiger partial charge in [0.2, 0.25) is 0 Å². The van der Waals surface area contributed by atoms with Gasteiger partial charge in [-0.2, -0.15) is 0 Å². The Morgan fingerprint density at radius 2 is 1.70 bits per heavy atom. The molecule has 1 heterocycles. The third-order valence-corrected chi connectivity index (χ3v) is 3.68. The van der Waals surface area contributed by atoms with Crippen molar-refractivity contribution in [3.63, 3.8) is 0 Å². The summed E-state index contributed by atoms with van der Waals surface area (Å²) in [5.41, 5.74) is 0.741. The van der Waals surface area contributed by atoms with Gasteiger partial charge in [-0.25, -0.2) is 0 Å². The van der Waals surface area contributed by atoms with E-state index in [4.69, 9.17) is 4.74 Å². The number of carbonyl (C=O) groups excluding carboxylic acids is 3. The van der Waals surface area contributed by atoms with Crippen LogP contribution in [-0.4, -0.2) is 35.1 Å². The van der Waals surface area contributed by atoms with Crippen molar-refractivity contribution in [1.82, 2.24) is 4.90 Å². The van der Waals surface area contributed by atoms with Gasteiger partial charge in [0.15, 0.2) is 11.9 Å². The van der Waals surface area contributed by atoms with Crippen LogP contribution in [0.2, 0.25) is 0 Å². The number of rotatable bonds is 3. The Hall–Kier alpha value is -2.95. The monoisotopic (exact) mass is 309 g/mol. The van der Waals surface area contributed by atoms with E-state index in [1.165, 1.54) is 0 Å². The molecule has 0 spiro atoms. The first-order chi connectivity index (χ1) is 11.1. The van der Waals surface area contributed by atoms with Crippen molar-refractivity contribution in [2.75, 3.05) is 6.54 Å². The largest absolute Gasteiger partial charge is 0.480 e. The van der Waals surface area contributed by atoms with Gasteiger partial charge < -0.3 is 4.74 Å². The van der Waals surface area contributed by atoms with Gasteiger partial charge in [-0.3, -0.25) is 19.3 Å². The van der Waals surface area contributed by atoms with Gasteiger partial charge in [0.05, 0.1) is 12.1 Å². The molecule has 0 radical (unpaired) electrons. The highest BCUT2D eigenvalue weighted by atomic mass is 16.5. The summed E-state index contributed by atoms with van der Waals surface area (Å²) in [5.74, 6) is -0.971. The molecule has 1 aliphatic heterocycles. The molecule has 2 amide bonds. The van der Waals surface area contributed by atoms with E-state index in [2.05, 4.69) is 0 Å². The van der Waals surface area contributed by atoms with E-state index in [9.17, 15) is 14.4 Å². The predicted octanol–water partition coefficient (Wildman–Crippen LogP) is 2.32. The van der Waals surface area contributed by atoms with E-state index in [1.807, 2.05) is 0 Å². The molecular formula is C18H15NO4. The number of amides is 2. The van der Waals surface area contributed by atoms with E-state index in [1.54, 1.807) is 61.5 Å². The number of imide groups is 1. The average Bonchev–Trinajstić information content (AvgIpc) is 2.67. The minimum Gasteiger partial charge on any atom is -0.480 e. The number of ether oxygens (including phenoxy) is 1. The first-order valence-electron chi connectivity index (χ1n) is 7.27. The molecule has 116 valence electrons. The second-order valence-electron chi connectivity index (χ2n) is 5.27. The van der Waals surface area contributed by atoms with Crippen molar-refractivity contribution >= 4 is 17.6 Å². The zero-order valence-electron chi connectivity index (χ0n) is 12.6. The molecule has 23 heavy (non-hydrogen) atoms. The Labute approximate surface area is 133 Å². The number of hydrogen-bond donors (Lipinski definition) is 0. The molecule has 0 fully saturated rings. The number of nitrogens with zero attached hydrogens (tertiary/aromatic N) is 1. The van der Waals surface area contributed by atoms with Crippen molar-refractivity contribution in [1.29, 1.82) is 0 Å². The number of ketones is 1. The molecule has 3 rings (SSSR count). The highest BCUT2D eigenvalue weighted by Crippen LogP contribution is 2.25. The van der Waals surface area contributed by atoms with Crippen molar-refractivity contribution in [3.05, 3.63) is 65.7 Å². The highest BCUT2D eigenvalue weighted by Gasteiger charge is 2.35. The van der Waals surface area contributed by atoms with Gasteiger partial charge >= 0.3 is 0 Å². The van der Waals surface area contributed by atoms with E-state index in [-0.39, 0.29) is 17.9 Å². The van der Waals surface area contributed by atoms with Crippen LogP contribution in [-0.2, 0) is 4.79 Å². The molecular weight excluding hydrogens is 294 g/mol. The van der Waals surface area contributed by atoms with Gasteiger partial charge in [0.25, 0.3) is 11.8 Å². The van der Waals surface area contributed by atoms with E-state index >= 15 is 0 Å². The van der Waals surface area contributed by atoms with Gasteiger partial charge in [-0.05, 0) is 19.1 Å². The van der Waals surface area contributed by atoms with Crippen LogP contribution in [0.15, 0.2) is 54.6 Å². The minimum absolute atomic E-state index is 0.283. The van der Waals surface area contributed by atoms with Crippen LogP contribution >= 0.6 is 0 Å². The van der Waals surface area contributed by atoms with Gasteiger partial charge in [0.1, 0.15) is 5.75 Å². The maximum Gasteiger partial charge on any atom is 0.270 e. The maximum absolute atomic E-state index is 12.6. The lowest BCUT2D eigenvalue weighted by atomic mass is 10.1. The van der Waals surface area contributed by atoms with Crippen molar-refractivity contribution in [2.45, 2.75) is 13.0 Å². The van der Waals surface area contributed by atoms with Crippen LogP contribution in [0.5, 0.6) is 5.75 Å². The molecule has 1 atom stereocenters. The summed E-state index contributed by atoms with van der Waals surface area (Å²) >= 11 is 0. The first-order valence-corrected chi connectivity index (χ1v) is 7.27. The van der Waals surface area contributed by atoms with Gasteiger partial charge in [-0.15, -0.1) is 0 Å². The Bertz CT molecular complexity index is 770. The molecule has 5 nitrogen and oxygen atoms in total. The molecule has 5 heteroatoms. The lowest BCUT2D eigenvalue weighted by molar-refractivity contribution is -0.134. The Balaban J connectivity index is 1.93. The van der Waals surface area contributed by atoms with Crippen molar-refractivity contribution in [2.24, 2.45) is 0 Å². The first kappa shape index (κ1) is 15.0. The van der Waals surface area contributed by atoms with Crippen LogP contribution in [0.3, 0.4) is 0 Å². The molecule has 2 aromatic carbocycles. The van der Waals surface area contributed by atoms with Crippen molar-refractivity contribution < 1.29 is 19.1 Å². The smallest absolute Gasteiger partial charge is 0.270 e. The fraction of sp³-hybridized carbons (Fsp3) is 0.167. The fourth-order valence-corrected chi connectivity index (χ4v) is 2.46. The maximum atomic E-state index is 12.6. The van der Waals surface area contributed by atoms with Crippen molar-refractivity contribution in [3.8, 4) is 5.75 Å². The third kappa shape index (κ3) is 2.85. The SMILES string of the molecule is C[C@H]1Oc2ccccc2C(=O)N(CC(=O)c2ccccc2)C1=O. The van der Waals surface area contributed by atoms with E-state index in [0.717, 1.165) is 4.90 Å². The predicted molar refractivity (Wildman–Crippen MR) is 83.3 cm³/mol. The van der Waals surface area contributed by atoms with Crippen LogP contribution < -0.4 is 4.74 Å². The van der Waals surface area contributed by atoms with E-state index in [0.29, 0.717) is 11.3 Å². The summed E-state index contributed by atoms with van der Waals surface area (Å²) in [6.45, 7) is 1.27. The van der Waals surface area contributed by atoms with Crippen LogP contribution in [0.4, 0.5) is 0 Å². The summed E-state index contributed by atoms with van der Waals surface area (Å²) in [4.78, 5) is 38.4. The summed E-state index contributed by atoms with van der Waals surface area (Å²) in [7, 11) is 0. The Morgan fingerprint density at radius 1 is 1.04 bits per heavy atom. The minimum atomic E-state index is -0.828. The average molecular weight is 309 g/mol. The highest BCUT2D eigenvalue weighted by molar-refractivity contribution is 6.12. The van der Waals surface area contributed by atoms with Crippen LogP contribution in [0.1, 0.15) is 27.6 Å². The summed E-state index contributed by atoms with van der Waals surface area (Å²) in [6.07, 6.45) is -0.828. The lowest BCUT2D eigenvalue weighted by Gasteiger charge is -2.19. The molecule has 0 saturated carbocycles. The topological polar surface area (TPSA) is 63.7 Å². The molecule has 0 bridgehead atoms. The van der Waals surface area contributed by atoms with E-state index < -0.39 is 17.9 Å². The number of Topliss-reactive ketones (excluding diaryl/α,β-unsaturated/α-hetero) is 1. The number of carbonyl (C=O) groups is 3. The van der Waals surface area contributed by atoms with Crippen LogP contribution in [0, 0.1) is 0 Å². The summed E-state index contributed by atoms with van der Waals surface area (Å²) < 4.78 is 5.53. The third-order valence-electron chi connectivity index (χ3n) is 3.68. The van der Waals surface area contributed by atoms with Crippen LogP contribution in [0.25, 0.3) is 0 Å². The number of fused-ring (bicyclic) bond motifs is 1. The summed E-state index contributed by atoms with van der Waals surface area (Å²) in [6, 6.07) is 15.2. The number of benzene rings is 2. The van der Waals surface area contributed by atoms with Gasteiger partial charge in [-0.1, -0.05) is 42.5 Å². The zero-order valence-corrected chi connectivity index (χ0v) is 12.6. The number of para-hydroxylation sites is 1. The molecule has 0 saturated heterocycles. The zero-order chi connectivity index (χ0) is 16.4. The molecule has 0 N–H and O–H groups in total. The quantitative estimate of drug-likeness (QED) is 0.645. The normalized spacial score (nSPS) is 17.3. The Kier molecular flexibility index (Phi) is 3.93.